The Bertz CT molecular complexity index is 1350. The van der Waals surface area contributed by atoms with E-state index in [1.807, 2.05) is 6.92 Å². The lowest BCUT2D eigenvalue weighted by atomic mass is 9.96. The van der Waals surface area contributed by atoms with Gasteiger partial charge in [-0.1, -0.05) is 0 Å². The van der Waals surface area contributed by atoms with Gasteiger partial charge in [0.25, 0.3) is 5.91 Å². The van der Waals surface area contributed by atoms with Crippen LogP contribution < -0.4 is 0 Å². The van der Waals surface area contributed by atoms with Gasteiger partial charge in [-0.3, -0.25) is 14.2 Å². The molecule has 5 heterocycles. The highest BCUT2D eigenvalue weighted by atomic mass is 32.1. The molecule has 0 aliphatic carbocycles. The Morgan fingerprint density at radius 1 is 1.16 bits per heavy atom. The SMILES string of the molecule is CC1c2nn(C)c(-c3cc(C(F)(F)F)n(C)n3)c2CCN1C(=O)c1cnc2ncsc2c1. The van der Waals surface area contributed by atoms with Crippen molar-refractivity contribution in [1.82, 2.24) is 34.4 Å². The number of thiazole rings is 1. The number of carbonyl (C=O) groups is 1. The van der Waals surface area contributed by atoms with Gasteiger partial charge in [0.1, 0.15) is 11.4 Å². The lowest BCUT2D eigenvalue weighted by Gasteiger charge is -2.32. The first-order valence-electron chi connectivity index (χ1n) is 9.82. The van der Waals surface area contributed by atoms with Crippen LogP contribution in [0.2, 0.25) is 0 Å². The van der Waals surface area contributed by atoms with E-state index in [0.717, 1.165) is 21.0 Å². The topological polar surface area (TPSA) is 81.7 Å². The fourth-order valence-corrected chi connectivity index (χ4v) is 4.90. The number of alkyl halides is 3. The zero-order chi connectivity index (χ0) is 22.8. The van der Waals surface area contributed by atoms with Crippen LogP contribution in [0.1, 0.15) is 40.3 Å². The molecule has 4 aromatic heterocycles. The van der Waals surface area contributed by atoms with E-state index in [0.29, 0.717) is 35.6 Å². The van der Waals surface area contributed by atoms with Gasteiger partial charge in [-0.25, -0.2) is 9.97 Å². The number of amides is 1. The standard InChI is InChI=1S/C20H18F3N7OS/c1-10-16-12(17(29(3)27-16)13-7-15(20(21,22)23)28(2)26-13)4-5-30(10)19(31)11-6-14-18(24-8-11)25-9-32-14/h6-10H,4-5H2,1-3H3. The maximum absolute atomic E-state index is 13.2. The van der Waals surface area contributed by atoms with Crippen molar-refractivity contribution in [2.45, 2.75) is 25.6 Å². The highest BCUT2D eigenvalue weighted by Gasteiger charge is 2.37. The average molecular weight is 461 g/mol. The number of hydrogen-bond donors (Lipinski definition) is 0. The van der Waals surface area contributed by atoms with E-state index in [2.05, 4.69) is 20.2 Å². The van der Waals surface area contributed by atoms with Crippen LogP contribution in [0.3, 0.4) is 0 Å². The molecule has 8 nitrogen and oxygen atoms in total. The molecule has 1 aliphatic rings. The zero-order valence-corrected chi connectivity index (χ0v) is 18.2. The van der Waals surface area contributed by atoms with Crippen molar-refractivity contribution in [3.05, 3.63) is 46.4 Å². The number of carbonyl (C=O) groups excluding carboxylic acids is 1. The molecule has 32 heavy (non-hydrogen) atoms. The minimum atomic E-state index is -4.50. The molecule has 4 aromatic rings. The quantitative estimate of drug-likeness (QED) is 0.456. The third kappa shape index (κ3) is 3.17. The summed E-state index contributed by atoms with van der Waals surface area (Å²) in [6.45, 7) is 2.27. The molecule has 166 valence electrons. The molecule has 0 saturated heterocycles. The monoisotopic (exact) mass is 461 g/mol. The fraction of sp³-hybridized carbons (Fsp3) is 0.350. The fourth-order valence-electron chi connectivity index (χ4n) is 4.23. The summed E-state index contributed by atoms with van der Waals surface area (Å²) in [6.07, 6.45) is -2.52. The normalized spacial score (nSPS) is 16.6. The van der Waals surface area contributed by atoms with Crippen LogP contribution >= 0.6 is 11.3 Å². The zero-order valence-electron chi connectivity index (χ0n) is 17.4. The van der Waals surface area contributed by atoms with E-state index in [-0.39, 0.29) is 17.6 Å². The molecule has 1 amide bonds. The first kappa shape index (κ1) is 20.6. The number of halogens is 3. The summed E-state index contributed by atoms with van der Waals surface area (Å²) in [5.74, 6) is -0.171. The van der Waals surface area contributed by atoms with Crippen molar-refractivity contribution >= 4 is 27.6 Å². The van der Waals surface area contributed by atoms with Crippen LogP contribution in [0.5, 0.6) is 0 Å². The van der Waals surface area contributed by atoms with Gasteiger partial charge in [0.05, 0.1) is 33.2 Å². The predicted molar refractivity (Wildman–Crippen MR) is 111 cm³/mol. The summed E-state index contributed by atoms with van der Waals surface area (Å²) in [5, 5.41) is 8.63. The van der Waals surface area contributed by atoms with E-state index in [1.54, 1.807) is 28.2 Å². The third-order valence-corrected chi connectivity index (χ3v) is 6.52. The first-order chi connectivity index (χ1) is 15.1. The molecule has 0 bridgehead atoms. The Morgan fingerprint density at radius 2 is 1.94 bits per heavy atom. The molecule has 5 rings (SSSR count). The molecule has 0 spiro atoms. The van der Waals surface area contributed by atoms with Gasteiger partial charge in [-0.15, -0.1) is 11.3 Å². The maximum atomic E-state index is 13.2. The van der Waals surface area contributed by atoms with Crippen molar-refractivity contribution in [2.24, 2.45) is 14.1 Å². The Balaban J connectivity index is 1.49. The molecule has 0 N–H and O–H groups in total. The van der Waals surface area contributed by atoms with E-state index in [4.69, 9.17) is 0 Å². The van der Waals surface area contributed by atoms with Crippen molar-refractivity contribution in [2.75, 3.05) is 6.54 Å². The minimum absolute atomic E-state index is 0.171. The molecule has 1 unspecified atom stereocenters. The highest BCUT2D eigenvalue weighted by molar-refractivity contribution is 7.16. The minimum Gasteiger partial charge on any atom is -0.330 e. The second-order valence-electron chi connectivity index (χ2n) is 7.69. The Kier molecular flexibility index (Phi) is 4.59. The molecular weight excluding hydrogens is 443 g/mol. The van der Waals surface area contributed by atoms with Crippen molar-refractivity contribution in [3.8, 4) is 11.4 Å². The van der Waals surface area contributed by atoms with Crippen LogP contribution in [0.4, 0.5) is 13.2 Å². The van der Waals surface area contributed by atoms with Crippen LogP contribution in [-0.2, 0) is 26.7 Å². The molecule has 1 aliphatic heterocycles. The number of aryl methyl sites for hydroxylation is 2. The second kappa shape index (κ2) is 7.12. The van der Waals surface area contributed by atoms with Gasteiger partial charge in [0, 0.05) is 32.4 Å². The third-order valence-electron chi connectivity index (χ3n) is 5.75. The lowest BCUT2D eigenvalue weighted by Crippen LogP contribution is -2.39. The Hall–Kier alpha value is -3.28. The van der Waals surface area contributed by atoms with E-state index in [9.17, 15) is 18.0 Å². The summed E-state index contributed by atoms with van der Waals surface area (Å²) < 4.78 is 43.0. The molecule has 1 atom stereocenters. The Morgan fingerprint density at radius 3 is 2.66 bits per heavy atom. The highest BCUT2D eigenvalue weighted by Crippen LogP contribution is 2.38. The van der Waals surface area contributed by atoms with Crippen molar-refractivity contribution in [1.29, 1.82) is 0 Å². The van der Waals surface area contributed by atoms with E-state index in [1.165, 1.54) is 24.6 Å². The molecule has 0 saturated carbocycles. The average Bonchev–Trinajstić information content (AvgIpc) is 3.43. The number of hydrogen-bond acceptors (Lipinski definition) is 6. The van der Waals surface area contributed by atoms with Gasteiger partial charge < -0.3 is 4.90 Å². The van der Waals surface area contributed by atoms with Crippen LogP contribution in [0, 0.1) is 0 Å². The molecular formula is C20H18F3N7OS. The molecule has 12 heteroatoms. The largest absolute Gasteiger partial charge is 0.433 e. The van der Waals surface area contributed by atoms with Gasteiger partial charge in [-0.05, 0) is 25.5 Å². The van der Waals surface area contributed by atoms with Crippen LogP contribution in [-0.4, -0.2) is 46.9 Å². The number of nitrogens with zero attached hydrogens (tertiary/aromatic N) is 7. The second-order valence-corrected chi connectivity index (χ2v) is 8.58. The number of fused-ring (bicyclic) bond motifs is 2. The van der Waals surface area contributed by atoms with Crippen LogP contribution in [0.25, 0.3) is 21.7 Å². The first-order valence-corrected chi connectivity index (χ1v) is 10.7. The summed E-state index contributed by atoms with van der Waals surface area (Å²) in [5.41, 5.74) is 4.14. The number of rotatable bonds is 2. The predicted octanol–water partition coefficient (Wildman–Crippen LogP) is 3.60. The van der Waals surface area contributed by atoms with Gasteiger partial charge in [0.2, 0.25) is 0 Å². The number of aromatic nitrogens is 6. The lowest BCUT2D eigenvalue weighted by molar-refractivity contribution is -0.143. The Labute approximate surface area is 184 Å². The van der Waals surface area contributed by atoms with Gasteiger partial charge >= 0.3 is 6.18 Å². The number of pyridine rings is 1. The molecule has 0 aromatic carbocycles. The molecule has 0 radical (unpaired) electrons. The van der Waals surface area contributed by atoms with Crippen molar-refractivity contribution < 1.29 is 18.0 Å². The molecule has 0 fully saturated rings. The summed E-state index contributed by atoms with van der Waals surface area (Å²) >= 11 is 1.41. The van der Waals surface area contributed by atoms with Crippen molar-refractivity contribution in [3.63, 3.8) is 0 Å². The van der Waals surface area contributed by atoms with Gasteiger partial charge in [-0.2, -0.15) is 23.4 Å². The smallest absolute Gasteiger partial charge is 0.330 e. The summed E-state index contributed by atoms with van der Waals surface area (Å²) in [7, 11) is 2.95. The van der Waals surface area contributed by atoms with Gasteiger partial charge in [0.15, 0.2) is 5.65 Å². The van der Waals surface area contributed by atoms with E-state index >= 15 is 0 Å². The van der Waals surface area contributed by atoms with E-state index < -0.39 is 11.9 Å². The summed E-state index contributed by atoms with van der Waals surface area (Å²) in [4.78, 5) is 23.3. The maximum Gasteiger partial charge on any atom is 0.433 e. The summed E-state index contributed by atoms with van der Waals surface area (Å²) in [6, 6.07) is 2.46. The van der Waals surface area contributed by atoms with Crippen LogP contribution in [0.15, 0.2) is 23.8 Å².